The van der Waals surface area contributed by atoms with Gasteiger partial charge in [0.15, 0.2) is 0 Å². The second-order valence-electron chi connectivity index (χ2n) is 1.81. The molecule has 54 valence electrons. The van der Waals surface area contributed by atoms with Crippen molar-refractivity contribution in [1.29, 1.82) is 0 Å². The fourth-order valence-corrected chi connectivity index (χ4v) is 0.617. The van der Waals surface area contributed by atoms with Crippen molar-refractivity contribution in [3.8, 4) is 0 Å². The molecule has 0 unspecified atom stereocenters. The van der Waals surface area contributed by atoms with Crippen LogP contribution in [-0.2, 0) is 4.79 Å². The molecular formula is C5H11NO2S. The second kappa shape index (κ2) is 4.64. The van der Waals surface area contributed by atoms with Crippen LogP contribution >= 0.6 is 12.6 Å². The van der Waals surface area contributed by atoms with E-state index in [-0.39, 0.29) is 0 Å². The average Bonchev–Trinajstić information content (AvgIpc) is 1.82. The highest BCUT2D eigenvalue weighted by atomic mass is 32.1. The Bertz CT molecular complexity index is 97.0. The number of hydrogen-bond donors (Lipinski definition) is 3. The van der Waals surface area contributed by atoms with Crippen LogP contribution in [0.1, 0.15) is 12.8 Å². The number of hydrogen-bond acceptors (Lipinski definition) is 3. The first-order valence-corrected chi connectivity index (χ1v) is 3.41. The molecule has 0 bridgehead atoms. The molecule has 0 aliphatic carbocycles. The van der Waals surface area contributed by atoms with Gasteiger partial charge in [0, 0.05) is 0 Å². The van der Waals surface area contributed by atoms with Gasteiger partial charge in [-0.1, -0.05) is 0 Å². The zero-order chi connectivity index (χ0) is 7.28. The molecule has 0 aromatic rings. The molecular weight excluding hydrogens is 138 g/mol. The number of aliphatic carboxylic acids is 1. The highest BCUT2D eigenvalue weighted by molar-refractivity contribution is 7.80. The molecule has 0 rings (SSSR count). The summed E-state index contributed by atoms with van der Waals surface area (Å²) in [6.45, 7) is 0. The molecule has 0 aromatic heterocycles. The lowest BCUT2D eigenvalue weighted by molar-refractivity contribution is -0.138. The third kappa shape index (κ3) is 4.29. The molecule has 0 saturated heterocycles. The smallest absolute Gasteiger partial charge is 0.320 e. The summed E-state index contributed by atoms with van der Waals surface area (Å²) in [5.74, 6) is -0.238. The Morgan fingerprint density at radius 2 is 2.33 bits per heavy atom. The van der Waals surface area contributed by atoms with Gasteiger partial charge in [-0.3, -0.25) is 4.79 Å². The number of nitrogens with two attached hydrogens (primary N) is 1. The Labute approximate surface area is 59.6 Å². The van der Waals surface area contributed by atoms with Gasteiger partial charge in [-0.05, 0) is 18.6 Å². The predicted molar refractivity (Wildman–Crippen MR) is 38.7 cm³/mol. The fraction of sp³-hybridized carbons (Fsp3) is 0.800. The van der Waals surface area contributed by atoms with Gasteiger partial charge < -0.3 is 10.8 Å². The van der Waals surface area contributed by atoms with E-state index in [2.05, 4.69) is 12.6 Å². The van der Waals surface area contributed by atoms with E-state index in [4.69, 9.17) is 10.8 Å². The van der Waals surface area contributed by atoms with Crippen LogP contribution in [0.4, 0.5) is 0 Å². The van der Waals surface area contributed by atoms with E-state index >= 15 is 0 Å². The maximum atomic E-state index is 10.1. The van der Waals surface area contributed by atoms with Gasteiger partial charge in [0.25, 0.3) is 0 Å². The van der Waals surface area contributed by atoms with Crippen molar-refractivity contribution in [3.63, 3.8) is 0 Å². The van der Waals surface area contributed by atoms with Crippen LogP contribution in [0.5, 0.6) is 0 Å². The van der Waals surface area contributed by atoms with Crippen LogP contribution in [0, 0.1) is 0 Å². The first-order valence-electron chi connectivity index (χ1n) is 2.77. The van der Waals surface area contributed by atoms with E-state index in [0.29, 0.717) is 12.2 Å². The normalized spacial score (nSPS) is 13.1. The summed E-state index contributed by atoms with van der Waals surface area (Å²) in [6, 6.07) is -0.711. The second-order valence-corrected chi connectivity index (χ2v) is 2.26. The molecule has 0 amide bonds. The summed E-state index contributed by atoms with van der Waals surface area (Å²) in [4.78, 5) is 10.1. The fourth-order valence-electron chi connectivity index (χ4n) is 0.435. The van der Waals surface area contributed by atoms with Gasteiger partial charge in [-0.15, -0.1) is 0 Å². The van der Waals surface area contributed by atoms with Gasteiger partial charge >= 0.3 is 5.97 Å². The van der Waals surface area contributed by atoms with Crippen molar-refractivity contribution >= 4 is 18.6 Å². The number of carbonyl (C=O) groups is 1. The summed E-state index contributed by atoms with van der Waals surface area (Å²) in [5, 5.41) is 8.26. The van der Waals surface area contributed by atoms with Gasteiger partial charge in [0.1, 0.15) is 6.04 Å². The summed E-state index contributed by atoms with van der Waals surface area (Å²) < 4.78 is 0. The summed E-state index contributed by atoms with van der Waals surface area (Å²) in [7, 11) is 0. The zero-order valence-corrected chi connectivity index (χ0v) is 5.97. The Balaban J connectivity index is 3.27. The first kappa shape index (κ1) is 8.78. The quantitative estimate of drug-likeness (QED) is 0.497. The average molecular weight is 149 g/mol. The minimum absolute atomic E-state index is 0.513. The standard InChI is InChI=1S/C5H11NO2S/c6-4(5(7)8)2-1-3-9/h4,9H,1-3,6H2,(H,7,8)/t4-/m0/s1. The van der Waals surface area contributed by atoms with Gasteiger partial charge in [-0.2, -0.15) is 12.6 Å². The van der Waals surface area contributed by atoms with Crippen LogP contribution in [-0.4, -0.2) is 22.9 Å². The maximum absolute atomic E-state index is 10.1. The summed E-state index contributed by atoms with van der Waals surface area (Å²) in [5.41, 5.74) is 5.17. The van der Waals surface area contributed by atoms with Crippen molar-refractivity contribution in [2.45, 2.75) is 18.9 Å². The number of carboxylic acids is 1. The Hall–Kier alpha value is -0.220. The lowest BCUT2D eigenvalue weighted by Crippen LogP contribution is -2.29. The molecule has 0 radical (unpaired) electrons. The Morgan fingerprint density at radius 1 is 1.78 bits per heavy atom. The van der Waals surface area contributed by atoms with E-state index in [1.54, 1.807) is 0 Å². The Morgan fingerprint density at radius 3 is 2.67 bits per heavy atom. The molecule has 0 heterocycles. The van der Waals surface area contributed by atoms with Crippen LogP contribution < -0.4 is 5.73 Å². The van der Waals surface area contributed by atoms with E-state index in [0.717, 1.165) is 6.42 Å². The molecule has 3 N–H and O–H groups in total. The van der Waals surface area contributed by atoms with E-state index < -0.39 is 12.0 Å². The maximum Gasteiger partial charge on any atom is 0.320 e. The zero-order valence-electron chi connectivity index (χ0n) is 5.08. The van der Waals surface area contributed by atoms with E-state index in [1.165, 1.54) is 0 Å². The van der Waals surface area contributed by atoms with E-state index in [9.17, 15) is 4.79 Å². The van der Waals surface area contributed by atoms with Crippen molar-refractivity contribution < 1.29 is 9.90 Å². The first-order chi connectivity index (χ1) is 4.18. The number of rotatable bonds is 4. The molecule has 0 aromatic carbocycles. The van der Waals surface area contributed by atoms with Crippen molar-refractivity contribution in [3.05, 3.63) is 0 Å². The molecule has 0 aliphatic heterocycles. The molecule has 0 fully saturated rings. The Kier molecular flexibility index (Phi) is 4.53. The predicted octanol–water partition coefficient (Wildman–Crippen LogP) is 0.108. The van der Waals surface area contributed by atoms with Crippen LogP contribution in [0.3, 0.4) is 0 Å². The monoisotopic (exact) mass is 149 g/mol. The molecule has 0 aliphatic rings. The minimum atomic E-state index is -0.934. The SMILES string of the molecule is N[C@@H](CCCS)C(=O)O. The molecule has 4 heteroatoms. The number of carboxylic acid groups (broad SMARTS) is 1. The minimum Gasteiger partial charge on any atom is -0.480 e. The van der Waals surface area contributed by atoms with Crippen LogP contribution in [0.25, 0.3) is 0 Å². The van der Waals surface area contributed by atoms with Crippen LogP contribution in [0.2, 0.25) is 0 Å². The molecule has 0 saturated carbocycles. The largest absolute Gasteiger partial charge is 0.480 e. The molecule has 1 atom stereocenters. The highest BCUT2D eigenvalue weighted by Crippen LogP contribution is 1.95. The summed E-state index contributed by atoms with van der Waals surface area (Å²) in [6.07, 6.45) is 1.27. The third-order valence-corrected chi connectivity index (χ3v) is 1.31. The lowest BCUT2D eigenvalue weighted by Gasteiger charge is -2.02. The molecule has 3 nitrogen and oxygen atoms in total. The number of thiol groups is 1. The van der Waals surface area contributed by atoms with Crippen molar-refractivity contribution in [2.75, 3.05) is 5.75 Å². The third-order valence-electron chi connectivity index (χ3n) is 0.990. The van der Waals surface area contributed by atoms with E-state index in [1.807, 2.05) is 0 Å². The van der Waals surface area contributed by atoms with Crippen molar-refractivity contribution in [1.82, 2.24) is 0 Å². The lowest BCUT2D eigenvalue weighted by atomic mass is 10.2. The van der Waals surface area contributed by atoms with Crippen molar-refractivity contribution in [2.24, 2.45) is 5.73 Å². The highest BCUT2D eigenvalue weighted by Gasteiger charge is 2.08. The topological polar surface area (TPSA) is 63.3 Å². The van der Waals surface area contributed by atoms with Gasteiger partial charge in [0.2, 0.25) is 0 Å². The van der Waals surface area contributed by atoms with Gasteiger partial charge in [-0.25, -0.2) is 0 Å². The van der Waals surface area contributed by atoms with Crippen LogP contribution in [0.15, 0.2) is 0 Å². The molecule has 0 spiro atoms. The summed E-state index contributed by atoms with van der Waals surface area (Å²) >= 11 is 3.92. The molecule has 9 heavy (non-hydrogen) atoms. The van der Waals surface area contributed by atoms with Gasteiger partial charge in [0.05, 0.1) is 0 Å².